The molecule has 6 heteroatoms. The molecule has 0 saturated carbocycles. The third-order valence-corrected chi connectivity index (χ3v) is 2.87. The van der Waals surface area contributed by atoms with Gasteiger partial charge in [0.2, 0.25) is 0 Å². The molecule has 1 aromatic rings. The van der Waals surface area contributed by atoms with Crippen LogP contribution in [0.3, 0.4) is 0 Å². The van der Waals surface area contributed by atoms with Gasteiger partial charge in [0.05, 0.1) is 12.0 Å². The van der Waals surface area contributed by atoms with Crippen molar-refractivity contribution in [1.29, 1.82) is 0 Å². The van der Waals surface area contributed by atoms with E-state index in [1.54, 1.807) is 0 Å². The zero-order chi connectivity index (χ0) is 12.3. The highest BCUT2D eigenvalue weighted by atomic mass is 32.2. The maximum atomic E-state index is 10.8. The van der Waals surface area contributed by atoms with E-state index in [4.69, 9.17) is 4.84 Å². The molecule has 0 fully saturated rings. The van der Waals surface area contributed by atoms with Crippen molar-refractivity contribution in [1.82, 2.24) is 0 Å². The average molecular weight is 255 g/mol. The van der Waals surface area contributed by atoms with E-state index in [9.17, 15) is 8.42 Å². The van der Waals surface area contributed by atoms with Gasteiger partial charge < -0.3 is 4.84 Å². The van der Waals surface area contributed by atoms with E-state index in [0.29, 0.717) is 6.42 Å². The molecule has 0 bridgehead atoms. The number of nitrogens with zero attached hydrogens (tertiary/aromatic N) is 1. The van der Waals surface area contributed by atoms with E-state index in [2.05, 4.69) is 9.34 Å². The summed E-state index contributed by atoms with van der Waals surface area (Å²) in [6.45, 7) is -0.00132. The minimum absolute atomic E-state index is 0.00132. The summed E-state index contributed by atoms with van der Waals surface area (Å²) in [5.41, 5.74) is 1.79. The highest BCUT2D eigenvalue weighted by molar-refractivity contribution is 7.85. The Hall–Kier alpha value is -1.40. The smallest absolute Gasteiger partial charge is 0.264 e. The summed E-state index contributed by atoms with van der Waals surface area (Å²) in [7, 11) is -3.42. The zero-order valence-corrected chi connectivity index (χ0v) is 10.2. The van der Waals surface area contributed by atoms with Gasteiger partial charge in [0, 0.05) is 6.42 Å². The molecule has 0 saturated heterocycles. The zero-order valence-electron chi connectivity index (χ0n) is 9.37. The molecule has 1 aliphatic rings. The van der Waals surface area contributed by atoms with Crippen LogP contribution in [0.4, 0.5) is 0 Å². The molecule has 1 atom stereocenters. The molecular formula is C11H13NO4S. The Morgan fingerprint density at radius 2 is 2.12 bits per heavy atom. The molecular weight excluding hydrogens is 242 g/mol. The molecule has 0 radical (unpaired) electrons. The molecule has 0 amide bonds. The number of hydrogen-bond donors (Lipinski definition) is 0. The Bertz CT molecular complexity index is 510. The molecule has 1 unspecified atom stereocenters. The maximum absolute atomic E-state index is 10.8. The molecule has 1 aliphatic heterocycles. The minimum atomic E-state index is -3.42. The monoisotopic (exact) mass is 255 g/mol. The van der Waals surface area contributed by atoms with E-state index in [-0.39, 0.29) is 12.7 Å². The van der Waals surface area contributed by atoms with Gasteiger partial charge in [-0.25, -0.2) is 0 Å². The van der Waals surface area contributed by atoms with Crippen LogP contribution < -0.4 is 0 Å². The maximum Gasteiger partial charge on any atom is 0.264 e. The van der Waals surface area contributed by atoms with Gasteiger partial charge in [0.25, 0.3) is 10.1 Å². The first-order valence-electron chi connectivity index (χ1n) is 5.17. The van der Waals surface area contributed by atoms with E-state index in [0.717, 1.165) is 17.5 Å². The molecule has 1 heterocycles. The molecule has 1 aromatic carbocycles. The normalized spacial score (nSPS) is 19.8. The van der Waals surface area contributed by atoms with Crippen LogP contribution in [0, 0.1) is 0 Å². The molecule has 0 N–H and O–H groups in total. The lowest BCUT2D eigenvalue weighted by Crippen LogP contribution is -2.18. The SMILES string of the molecule is CS(=O)(=O)OCC1CC(c2ccccc2)=NO1. The molecule has 92 valence electrons. The standard InChI is InChI=1S/C11H13NO4S/c1-17(13,14)15-8-10-7-11(12-16-10)9-5-3-2-4-6-9/h2-6,10H,7-8H2,1H3. The van der Waals surface area contributed by atoms with Crippen LogP contribution in [0.25, 0.3) is 0 Å². The van der Waals surface area contributed by atoms with Crippen LogP contribution >= 0.6 is 0 Å². The number of hydrogen-bond acceptors (Lipinski definition) is 5. The quantitative estimate of drug-likeness (QED) is 0.757. The summed E-state index contributed by atoms with van der Waals surface area (Å²) in [4.78, 5) is 5.11. The fraction of sp³-hybridized carbons (Fsp3) is 0.364. The first kappa shape index (κ1) is 12.1. The summed E-state index contributed by atoms with van der Waals surface area (Å²) in [6, 6.07) is 9.62. The minimum Gasteiger partial charge on any atom is -0.389 e. The number of rotatable bonds is 4. The Labute approximate surface area is 100 Å². The van der Waals surface area contributed by atoms with Gasteiger partial charge in [-0.3, -0.25) is 4.18 Å². The van der Waals surface area contributed by atoms with Crippen molar-refractivity contribution in [3.05, 3.63) is 35.9 Å². The summed E-state index contributed by atoms with van der Waals surface area (Å²) in [5, 5.41) is 3.93. The van der Waals surface area contributed by atoms with Crippen molar-refractivity contribution in [3.63, 3.8) is 0 Å². The fourth-order valence-corrected chi connectivity index (χ4v) is 1.92. The Kier molecular flexibility index (Phi) is 3.44. The van der Waals surface area contributed by atoms with Crippen molar-refractivity contribution in [2.45, 2.75) is 12.5 Å². The molecule has 5 nitrogen and oxygen atoms in total. The van der Waals surface area contributed by atoms with Gasteiger partial charge in [-0.2, -0.15) is 8.42 Å². The van der Waals surface area contributed by atoms with Crippen LogP contribution in [-0.2, 0) is 19.1 Å². The van der Waals surface area contributed by atoms with Crippen molar-refractivity contribution < 1.29 is 17.4 Å². The lowest BCUT2D eigenvalue weighted by atomic mass is 10.1. The van der Waals surface area contributed by atoms with Gasteiger partial charge >= 0.3 is 0 Å². The van der Waals surface area contributed by atoms with Crippen molar-refractivity contribution in [2.24, 2.45) is 5.16 Å². The third-order valence-electron chi connectivity index (χ3n) is 2.31. The van der Waals surface area contributed by atoms with Crippen LogP contribution in [0.5, 0.6) is 0 Å². The lowest BCUT2D eigenvalue weighted by molar-refractivity contribution is 0.0493. The highest BCUT2D eigenvalue weighted by Gasteiger charge is 2.23. The van der Waals surface area contributed by atoms with Crippen molar-refractivity contribution >= 4 is 15.8 Å². The van der Waals surface area contributed by atoms with Gasteiger partial charge in [-0.1, -0.05) is 35.5 Å². The second kappa shape index (κ2) is 4.85. The fourth-order valence-electron chi connectivity index (χ4n) is 1.52. The summed E-state index contributed by atoms with van der Waals surface area (Å²) >= 11 is 0. The van der Waals surface area contributed by atoms with Crippen molar-refractivity contribution in [2.75, 3.05) is 12.9 Å². The summed E-state index contributed by atoms with van der Waals surface area (Å²) in [6.07, 6.45) is 1.24. The molecule has 0 aliphatic carbocycles. The topological polar surface area (TPSA) is 65.0 Å². The summed E-state index contributed by atoms with van der Waals surface area (Å²) < 4.78 is 26.3. The van der Waals surface area contributed by atoms with Gasteiger partial charge in [-0.05, 0) is 5.56 Å². The highest BCUT2D eigenvalue weighted by Crippen LogP contribution is 2.17. The largest absolute Gasteiger partial charge is 0.389 e. The van der Waals surface area contributed by atoms with E-state index in [1.165, 1.54) is 0 Å². The Morgan fingerprint density at radius 1 is 1.41 bits per heavy atom. The van der Waals surface area contributed by atoms with E-state index >= 15 is 0 Å². The van der Waals surface area contributed by atoms with Gasteiger partial charge in [0.1, 0.15) is 6.61 Å². The first-order valence-corrected chi connectivity index (χ1v) is 6.99. The van der Waals surface area contributed by atoms with Crippen LogP contribution in [0.15, 0.2) is 35.5 Å². The molecule has 17 heavy (non-hydrogen) atoms. The lowest BCUT2D eigenvalue weighted by Gasteiger charge is -2.06. The van der Waals surface area contributed by atoms with E-state index < -0.39 is 10.1 Å². The van der Waals surface area contributed by atoms with Crippen LogP contribution in [0.1, 0.15) is 12.0 Å². The second-order valence-electron chi connectivity index (χ2n) is 3.82. The first-order chi connectivity index (χ1) is 8.04. The Balaban J connectivity index is 1.91. The number of benzene rings is 1. The van der Waals surface area contributed by atoms with Gasteiger partial charge in [-0.15, -0.1) is 0 Å². The van der Waals surface area contributed by atoms with Crippen LogP contribution in [0.2, 0.25) is 0 Å². The predicted octanol–water partition coefficient (Wildman–Crippen LogP) is 1.16. The summed E-state index contributed by atoms with van der Waals surface area (Å²) in [5.74, 6) is 0. The molecule has 2 rings (SSSR count). The second-order valence-corrected chi connectivity index (χ2v) is 5.47. The van der Waals surface area contributed by atoms with E-state index in [1.807, 2.05) is 30.3 Å². The molecule has 0 spiro atoms. The average Bonchev–Trinajstić information content (AvgIpc) is 2.75. The number of oxime groups is 1. The third kappa shape index (κ3) is 3.54. The van der Waals surface area contributed by atoms with Crippen molar-refractivity contribution in [3.8, 4) is 0 Å². The van der Waals surface area contributed by atoms with Gasteiger partial charge in [0.15, 0.2) is 6.10 Å². The van der Waals surface area contributed by atoms with Crippen LogP contribution in [-0.4, -0.2) is 33.1 Å². The molecule has 0 aromatic heterocycles. The predicted molar refractivity (Wildman–Crippen MR) is 63.3 cm³/mol. The Morgan fingerprint density at radius 3 is 2.76 bits per heavy atom.